The van der Waals surface area contributed by atoms with E-state index in [1.54, 1.807) is 18.4 Å². The Kier molecular flexibility index (Phi) is 4.32. The molecule has 0 fully saturated rings. The molecular formula is C9H14N2OS. The van der Waals surface area contributed by atoms with Crippen LogP contribution in [0.5, 0.6) is 0 Å². The largest absolute Gasteiger partial charge is 0.384 e. The van der Waals surface area contributed by atoms with E-state index in [4.69, 9.17) is 0 Å². The van der Waals surface area contributed by atoms with E-state index in [1.165, 1.54) is 0 Å². The number of amides is 1. The number of rotatable bonds is 5. The normalized spacial score (nSPS) is 9.62. The van der Waals surface area contributed by atoms with Crippen LogP contribution < -0.4 is 10.6 Å². The fourth-order valence-corrected chi connectivity index (χ4v) is 1.58. The van der Waals surface area contributed by atoms with Gasteiger partial charge >= 0.3 is 0 Å². The second-order valence-corrected chi connectivity index (χ2v) is 3.50. The molecule has 0 aliphatic rings. The smallest absolute Gasteiger partial charge is 0.219 e. The predicted molar refractivity (Wildman–Crippen MR) is 56.1 cm³/mol. The first-order valence-corrected chi connectivity index (χ1v) is 5.24. The van der Waals surface area contributed by atoms with Gasteiger partial charge in [-0.05, 0) is 17.9 Å². The Bertz CT molecular complexity index is 246. The van der Waals surface area contributed by atoms with Crippen LogP contribution in [-0.2, 0) is 4.79 Å². The third kappa shape index (κ3) is 3.94. The summed E-state index contributed by atoms with van der Waals surface area (Å²) in [5.41, 5.74) is 1.14. The maximum Gasteiger partial charge on any atom is 0.219 e. The number of hydrogen-bond acceptors (Lipinski definition) is 3. The average molecular weight is 198 g/mol. The molecule has 4 heteroatoms. The summed E-state index contributed by atoms with van der Waals surface area (Å²) in [6.07, 6.45) is 1.46. The summed E-state index contributed by atoms with van der Waals surface area (Å²) in [7, 11) is 1.66. The summed E-state index contributed by atoms with van der Waals surface area (Å²) in [6.45, 7) is 0.851. The summed E-state index contributed by atoms with van der Waals surface area (Å²) < 4.78 is 0. The molecule has 0 saturated carbocycles. The zero-order chi connectivity index (χ0) is 9.52. The molecule has 13 heavy (non-hydrogen) atoms. The van der Waals surface area contributed by atoms with Gasteiger partial charge in [0.15, 0.2) is 0 Å². The Morgan fingerprint density at radius 3 is 3.08 bits per heavy atom. The first-order chi connectivity index (χ1) is 6.33. The standard InChI is InChI=1S/C9H14N2OS/c1-10-9(12)3-2-5-11-8-4-6-13-7-8/h4,6-7,11H,2-3,5H2,1H3,(H,10,12). The SMILES string of the molecule is CNC(=O)CCCNc1ccsc1. The Morgan fingerprint density at radius 1 is 1.62 bits per heavy atom. The highest BCUT2D eigenvalue weighted by atomic mass is 32.1. The van der Waals surface area contributed by atoms with E-state index in [-0.39, 0.29) is 5.91 Å². The summed E-state index contributed by atoms with van der Waals surface area (Å²) in [5, 5.41) is 9.91. The van der Waals surface area contributed by atoms with E-state index in [0.717, 1.165) is 18.7 Å². The van der Waals surface area contributed by atoms with Gasteiger partial charge in [-0.1, -0.05) is 0 Å². The Labute approximate surface area is 82.2 Å². The minimum Gasteiger partial charge on any atom is -0.384 e. The molecule has 0 bridgehead atoms. The molecule has 0 aliphatic heterocycles. The van der Waals surface area contributed by atoms with Crippen LogP contribution in [0.4, 0.5) is 5.69 Å². The maximum atomic E-state index is 10.8. The molecule has 1 heterocycles. The van der Waals surface area contributed by atoms with Crippen molar-refractivity contribution in [2.45, 2.75) is 12.8 Å². The van der Waals surface area contributed by atoms with Crippen molar-refractivity contribution in [1.29, 1.82) is 0 Å². The second kappa shape index (κ2) is 5.59. The van der Waals surface area contributed by atoms with Gasteiger partial charge in [0.1, 0.15) is 0 Å². The first-order valence-electron chi connectivity index (χ1n) is 4.29. The quantitative estimate of drug-likeness (QED) is 0.707. The van der Waals surface area contributed by atoms with Gasteiger partial charge in [-0.2, -0.15) is 11.3 Å². The van der Waals surface area contributed by atoms with E-state index in [1.807, 2.05) is 11.4 Å². The van der Waals surface area contributed by atoms with E-state index < -0.39 is 0 Å². The molecule has 3 nitrogen and oxygen atoms in total. The van der Waals surface area contributed by atoms with Crippen LogP contribution in [0, 0.1) is 0 Å². The van der Waals surface area contributed by atoms with Gasteiger partial charge < -0.3 is 10.6 Å². The van der Waals surface area contributed by atoms with Crippen LogP contribution in [0.3, 0.4) is 0 Å². The van der Waals surface area contributed by atoms with Crippen LogP contribution in [0.15, 0.2) is 16.8 Å². The van der Waals surface area contributed by atoms with Crippen molar-refractivity contribution in [1.82, 2.24) is 5.32 Å². The molecule has 0 saturated heterocycles. The van der Waals surface area contributed by atoms with Gasteiger partial charge in [-0.15, -0.1) is 0 Å². The average Bonchev–Trinajstić information content (AvgIpc) is 2.64. The van der Waals surface area contributed by atoms with Crippen LogP contribution in [0.1, 0.15) is 12.8 Å². The Morgan fingerprint density at radius 2 is 2.46 bits per heavy atom. The van der Waals surface area contributed by atoms with E-state index >= 15 is 0 Å². The third-order valence-electron chi connectivity index (χ3n) is 1.71. The molecule has 0 unspecified atom stereocenters. The lowest BCUT2D eigenvalue weighted by molar-refractivity contribution is -0.120. The molecule has 0 atom stereocenters. The van der Waals surface area contributed by atoms with Crippen molar-refractivity contribution in [2.75, 3.05) is 18.9 Å². The maximum absolute atomic E-state index is 10.8. The molecule has 0 aliphatic carbocycles. The topological polar surface area (TPSA) is 41.1 Å². The van der Waals surface area contributed by atoms with E-state index in [9.17, 15) is 4.79 Å². The number of thiophene rings is 1. The molecule has 1 amide bonds. The lowest BCUT2D eigenvalue weighted by Crippen LogP contribution is -2.18. The van der Waals surface area contributed by atoms with Crippen molar-refractivity contribution < 1.29 is 4.79 Å². The van der Waals surface area contributed by atoms with Crippen LogP contribution in [0.25, 0.3) is 0 Å². The van der Waals surface area contributed by atoms with Crippen LogP contribution in [-0.4, -0.2) is 19.5 Å². The van der Waals surface area contributed by atoms with Gasteiger partial charge in [-0.25, -0.2) is 0 Å². The molecule has 0 aromatic carbocycles. The van der Waals surface area contributed by atoms with Crippen molar-refractivity contribution in [2.24, 2.45) is 0 Å². The fraction of sp³-hybridized carbons (Fsp3) is 0.444. The second-order valence-electron chi connectivity index (χ2n) is 2.72. The molecule has 0 spiro atoms. The predicted octanol–water partition coefficient (Wildman–Crippen LogP) is 1.69. The Hall–Kier alpha value is -1.03. The highest BCUT2D eigenvalue weighted by Crippen LogP contribution is 2.11. The van der Waals surface area contributed by atoms with Crippen molar-refractivity contribution >= 4 is 22.9 Å². The zero-order valence-electron chi connectivity index (χ0n) is 7.67. The van der Waals surface area contributed by atoms with Gasteiger partial charge in [0, 0.05) is 31.1 Å². The molecule has 1 rings (SSSR count). The van der Waals surface area contributed by atoms with Gasteiger partial charge in [0.2, 0.25) is 5.91 Å². The molecule has 0 radical (unpaired) electrons. The monoisotopic (exact) mass is 198 g/mol. The highest BCUT2D eigenvalue weighted by Gasteiger charge is 1.96. The minimum atomic E-state index is 0.104. The zero-order valence-corrected chi connectivity index (χ0v) is 8.49. The van der Waals surface area contributed by atoms with Gasteiger partial charge in [0.25, 0.3) is 0 Å². The molecule has 1 aromatic heterocycles. The summed E-state index contributed by atoms with van der Waals surface area (Å²) in [5.74, 6) is 0.104. The van der Waals surface area contributed by atoms with Crippen molar-refractivity contribution in [3.8, 4) is 0 Å². The minimum absolute atomic E-state index is 0.104. The molecule has 72 valence electrons. The number of carbonyl (C=O) groups excluding carboxylic acids is 1. The fourth-order valence-electron chi connectivity index (χ4n) is 0.972. The third-order valence-corrected chi connectivity index (χ3v) is 2.39. The summed E-state index contributed by atoms with van der Waals surface area (Å²) in [6, 6.07) is 2.03. The van der Waals surface area contributed by atoms with Crippen LogP contribution in [0.2, 0.25) is 0 Å². The molecular weight excluding hydrogens is 184 g/mol. The Balaban J connectivity index is 2.05. The van der Waals surface area contributed by atoms with Crippen LogP contribution >= 0.6 is 11.3 Å². The molecule has 2 N–H and O–H groups in total. The van der Waals surface area contributed by atoms with Crippen molar-refractivity contribution in [3.63, 3.8) is 0 Å². The van der Waals surface area contributed by atoms with Gasteiger partial charge in [0.05, 0.1) is 0 Å². The van der Waals surface area contributed by atoms with Crippen molar-refractivity contribution in [3.05, 3.63) is 16.8 Å². The number of hydrogen-bond donors (Lipinski definition) is 2. The van der Waals surface area contributed by atoms with E-state index in [2.05, 4.69) is 16.0 Å². The molecule has 1 aromatic rings. The summed E-state index contributed by atoms with van der Waals surface area (Å²) in [4.78, 5) is 10.8. The lowest BCUT2D eigenvalue weighted by Gasteiger charge is -2.02. The number of anilines is 1. The number of carbonyl (C=O) groups is 1. The first kappa shape index (κ1) is 10.1. The highest BCUT2D eigenvalue weighted by molar-refractivity contribution is 7.08. The van der Waals surface area contributed by atoms with E-state index in [0.29, 0.717) is 6.42 Å². The number of nitrogens with one attached hydrogen (secondary N) is 2. The summed E-state index contributed by atoms with van der Waals surface area (Å²) >= 11 is 1.67. The lowest BCUT2D eigenvalue weighted by atomic mass is 10.3. The van der Waals surface area contributed by atoms with Gasteiger partial charge in [-0.3, -0.25) is 4.79 Å².